The standard InChI is InChI=1S/C15H16O/c1-10-5-4-6-13(9-10)15-11(2)7-8-14(16)12(15)3/h4-9,16H,1-3H3. The fourth-order valence-corrected chi connectivity index (χ4v) is 2.08. The van der Waals surface area contributed by atoms with Gasteiger partial charge in [-0.25, -0.2) is 0 Å². The van der Waals surface area contributed by atoms with Crippen LogP contribution in [0.15, 0.2) is 36.4 Å². The van der Waals surface area contributed by atoms with Gasteiger partial charge in [-0.05, 0) is 49.1 Å². The lowest BCUT2D eigenvalue weighted by molar-refractivity contribution is 0.471. The first-order chi connectivity index (χ1) is 7.59. The first kappa shape index (κ1) is 10.7. The Morgan fingerprint density at radius 3 is 2.38 bits per heavy atom. The lowest BCUT2D eigenvalue weighted by atomic mass is 9.94. The molecule has 0 amide bonds. The van der Waals surface area contributed by atoms with Gasteiger partial charge in [0.2, 0.25) is 0 Å². The van der Waals surface area contributed by atoms with Gasteiger partial charge in [-0.1, -0.05) is 35.9 Å². The van der Waals surface area contributed by atoms with E-state index in [-0.39, 0.29) is 0 Å². The Bertz CT molecular complexity index is 527. The molecule has 0 aliphatic heterocycles. The maximum Gasteiger partial charge on any atom is 0.119 e. The molecule has 0 spiro atoms. The third-order valence-electron chi connectivity index (χ3n) is 2.95. The van der Waals surface area contributed by atoms with Crippen LogP contribution in [0.2, 0.25) is 0 Å². The van der Waals surface area contributed by atoms with Crippen molar-refractivity contribution in [2.75, 3.05) is 0 Å². The summed E-state index contributed by atoms with van der Waals surface area (Å²) < 4.78 is 0. The van der Waals surface area contributed by atoms with Gasteiger partial charge in [0.1, 0.15) is 5.75 Å². The summed E-state index contributed by atoms with van der Waals surface area (Å²) in [4.78, 5) is 0. The highest BCUT2D eigenvalue weighted by atomic mass is 16.3. The summed E-state index contributed by atoms with van der Waals surface area (Å²) in [5, 5.41) is 9.76. The predicted octanol–water partition coefficient (Wildman–Crippen LogP) is 3.98. The Morgan fingerprint density at radius 2 is 1.69 bits per heavy atom. The topological polar surface area (TPSA) is 20.2 Å². The zero-order valence-corrected chi connectivity index (χ0v) is 9.91. The molecule has 1 N–H and O–H groups in total. The minimum atomic E-state index is 0.363. The Morgan fingerprint density at radius 1 is 0.938 bits per heavy atom. The van der Waals surface area contributed by atoms with Gasteiger partial charge in [-0.3, -0.25) is 0 Å². The van der Waals surface area contributed by atoms with E-state index in [1.165, 1.54) is 16.7 Å². The minimum Gasteiger partial charge on any atom is -0.508 e. The molecular weight excluding hydrogens is 196 g/mol. The highest BCUT2D eigenvalue weighted by Crippen LogP contribution is 2.32. The molecule has 0 unspecified atom stereocenters. The summed E-state index contributed by atoms with van der Waals surface area (Å²) in [6.45, 7) is 6.11. The van der Waals surface area contributed by atoms with Gasteiger partial charge in [0.15, 0.2) is 0 Å². The van der Waals surface area contributed by atoms with Gasteiger partial charge in [0, 0.05) is 0 Å². The second-order valence-corrected chi connectivity index (χ2v) is 4.27. The van der Waals surface area contributed by atoms with Gasteiger partial charge >= 0.3 is 0 Å². The Balaban J connectivity index is 2.68. The van der Waals surface area contributed by atoms with E-state index in [0.29, 0.717) is 5.75 Å². The predicted molar refractivity (Wildman–Crippen MR) is 67.8 cm³/mol. The van der Waals surface area contributed by atoms with Crippen LogP contribution in [0, 0.1) is 20.8 Å². The van der Waals surface area contributed by atoms with Gasteiger partial charge in [0.05, 0.1) is 0 Å². The van der Waals surface area contributed by atoms with E-state index in [1.54, 1.807) is 6.07 Å². The summed E-state index contributed by atoms with van der Waals surface area (Å²) in [5.74, 6) is 0.363. The van der Waals surface area contributed by atoms with Crippen molar-refractivity contribution in [1.82, 2.24) is 0 Å². The highest BCUT2D eigenvalue weighted by Gasteiger charge is 2.08. The average molecular weight is 212 g/mol. The smallest absolute Gasteiger partial charge is 0.119 e. The minimum absolute atomic E-state index is 0.363. The summed E-state index contributed by atoms with van der Waals surface area (Å²) in [5.41, 5.74) is 5.70. The van der Waals surface area contributed by atoms with Crippen molar-refractivity contribution in [2.24, 2.45) is 0 Å². The van der Waals surface area contributed by atoms with Gasteiger partial charge in [-0.15, -0.1) is 0 Å². The molecule has 0 fully saturated rings. The molecule has 1 nitrogen and oxygen atoms in total. The number of phenols is 1. The SMILES string of the molecule is Cc1cccc(-c2c(C)ccc(O)c2C)c1. The zero-order valence-electron chi connectivity index (χ0n) is 9.91. The molecule has 0 atom stereocenters. The number of aromatic hydroxyl groups is 1. The second-order valence-electron chi connectivity index (χ2n) is 4.27. The monoisotopic (exact) mass is 212 g/mol. The molecule has 0 aliphatic rings. The van der Waals surface area contributed by atoms with Crippen molar-refractivity contribution >= 4 is 0 Å². The first-order valence-electron chi connectivity index (χ1n) is 5.46. The van der Waals surface area contributed by atoms with Gasteiger partial charge < -0.3 is 5.11 Å². The number of benzene rings is 2. The van der Waals surface area contributed by atoms with E-state index in [4.69, 9.17) is 0 Å². The van der Waals surface area contributed by atoms with E-state index in [2.05, 4.69) is 32.0 Å². The Hall–Kier alpha value is -1.76. The van der Waals surface area contributed by atoms with E-state index in [1.807, 2.05) is 19.1 Å². The molecule has 16 heavy (non-hydrogen) atoms. The van der Waals surface area contributed by atoms with Gasteiger partial charge in [-0.2, -0.15) is 0 Å². The molecule has 0 aliphatic carbocycles. The fraction of sp³-hybridized carbons (Fsp3) is 0.200. The zero-order chi connectivity index (χ0) is 11.7. The largest absolute Gasteiger partial charge is 0.508 e. The van der Waals surface area contributed by atoms with Crippen molar-refractivity contribution in [3.63, 3.8) is 0 Å². The van der Waals surface area contributed by atoms with Crippen LogP contribution in [0.25, 0.3) is 11.1 Å². The van der Waals surface area contributed by atoms with Crippen LogP contribution in [0.5, 0.6) is 5.75 Å². The Labute approximate surface area is 96.4 Å². The number of phenolic OH excluding ortho intramolecular Hbond substituents is 1. The average Bonchev–Trinajstić information content (AvgIpc) is 2.24. The molecule has 0 saturated heterocycles. The molecule has 1 heteroatoms. The lowest BCUT2D eigenvalue weighted by Gasteiger charge is -2.12. The van der Waals surface area contributed by atoms with Crippen molar-refractivity contribution < 1.29 is 5.11 Å². The normalized spacial score (nSPS) is 10.4. The molecule has 82 valence electrons. The molecule has 0 heterocycles. The molecule has 2 aromatic rings. The van der Waals surface area contributed by atoms with E-state index < -0.39 is 0 Å². The third kappa shape index (κ3) is 1.81. The molecule has 2 aromatic carbocycles. The number of rotatable bonds is 1. The summed E-state index contributed by atoms with van der Waals surface area (Å²) >= 11 is 0. The van der Waals surface area contributed by atoms with Crippen LogP contribution in [-0.2, 0) is 0 Å². The van der Waals surface area contributed by atoms with Crippen molar-refractivity contribution in [1.29, 1.82) is 0 Å². The van der Waals surface area contributed by atoms with E-state index in [9.17, 15) is 5.11 Å². The van der Waals surface area contributed by atoms with Crippen LogP contribution in [0.3, 0.4) is 0 Å². The van der Waals surface area contributed by atoms with Crippen LogP contribution in [0.4, 0.5) is 0 Å². The molecule has 0 bridgehead atoms. The fourth-order valence-electron chi connectivity index (χ4n) is 2.08. The summed E-state index contributed by atoms with van der Waals surface area (Å²) in [6, 6.07) is 12.1. The Kier molecular flexibility index (Phi) is 2.69. The maximum atomic E-state index is 9.76. The molecule has 0 saturated carbocycles. The third-order valence-corrected chi connectivity index (χ3v) is 2.95. The highest BCUT2D eigenvalue weighted by molar-refractivity contribution is 5.73. The van der Waals surface area contributed by atoms with Crippen LogP contribution in [-0.4, -0.2) is 5.11 Å². The van der Waals surface area contributed by atoms with Crippen LogP contribution in [0.1, 0.15) is 16.7 Å². The second kappa shape index (κ2) is 4.01. The van der Waals surface area contributed by atoms with Crippen molar-refractivity contribution in [3.8, 4) is 16.9 Å². The van der Waals surface area contributed by atoms with Crippen LogP contribution >= 0.6 is 0 Å². The molecule has 2 rings (SSSR count). The van der Waals surface area contributed by atoms with Crippen molar-refractivity contribution in [2.45, 2.75) is 20.8 Å². The maximum absolute atomic E-state index is 9.76. The number of aryl methyl sites for hydroxylation is 2. The lowest BCUT2D eigenvalue weighted by Crippen LogP contribution is -1.89. The summed E-state index contributed by atoms with van der Waals surface area (Å²) in [6.07, 6.45) is 0. The molecule has 0 aromatic heterocycles. The molecular formula is C15H16O. The quantitative estimate of drug-likeness (QED) is 0.758. The first-order valence-corrected chi connectivity index (χ1v) is 5.46. The number of hydrogen-bond acceptors (Lipinski definition) is 1. The van der Waals surface area contributed by atoms with E-state index >= 15 is 0 Å². The molecule has 0 radical (unpaired) electrons. The van der Waals surface area contributed by atoms with Crippen LogP contribution < -0.4 is 0 Å². The van der Waals surface area contributed by atoms with Gasteiger partial charge in [0.25, 0.3) is 0 Å². The number of hydrogen-bond donors (Lipinski definition) is 1. The summed E-state index contributed by atoms with van der Waals surface area (Å²) in [7, 11) is 0. The van der Waals surface area contributed by atoms with Crippen molar-refractivity contribution in [3.05, 3.63) is 53.1 Å². The van der Waals surface area contributed by atoms with E-state index in [0.717, 1.165) is 11.1 Å².